The maximum Gasteiger partial charge on any atom is 0.119 e. The minimum absolute atomic E-state index is 0.0756. The van der Waals surface area contributed by atoms with E-state index in [-0.39, 0.29) is 19.3 Å². The van der Waals surface area contributed by atoms with Gasteiger partial charge in [0, 0.05) is 11.5 Å². The Morgan fingerprint density at radius 2 is 1.22 bits per heavy atom. The van der Waals surface area contributed by atoms with Crippen LogP contribution in [0.1, 0.15) is 129 Å². The maximum absolute atomic E-state index is 10.6. The quantitative estimate of drug-likeness (QED) is 0.187. The smallest absolute Gasteiger partial charge is 0.119 e. The van der Waals surface area contributed by atoms with Gasteiger partial charge in [-0.15, -0.1) is 0 Å². The summed E-state index contributed by atoms with van der Waals surface area (Å²) in [5.41, 5.74) is 3.68. The highest BCUT2D eigenvalue weighted by atomic mass is 31.1. The molecule has 1 unspecified atom stereocenters. The molecule has 0 radical (unpaired) electrons. The third-order valence-corrected chi connectivity index (χ3v) is 10.3. The lowest BCUT2D eigenvalue weighted by Crippen LogP contribution is -2.12. The highest BCUT2D eigenvalue weighted by molar-refractivity contribution is 7.65. The fourth-order valence-corrected chi connectivity index (χ4v) is 7.48. The van der Waals surface area contributed by atoms with E-state index in [1.165, 1.54) is 74.8 Å². The van der Waals surface area contributed by atoms with Gasteiger partial charge in [-0.2, -0.15) is 0 Å². The van der Waals surface area contributed by atoms with Crippen molar-refractivity contribution in [3.05, 3.63) is 59.2 Å². The van der Waals surface area contributed by atoms with Crippen LogP contribution in [0.25, 0.3) is 0 Å². The Hall–Kier alpha value is -1.33. The van der Waals surface area contributed by atoms with Gasteiger partial charge in [0.05, 0.1) is 0 Å². The van der Waals surface area contributed by atoms with E-state index in [0.29, 0.717) is 5.75 Å². The lowest BCUT2D eigenvalue weighted by atomic mass is 9.83. The van der Waals surface area contributed by atoms with Crippen LogP contribution in [0, 0.1) is 11.8 Å². The molecule has 0 spiro atoms. The average Bonchev–Trinajstić information content (AvgIpc) is 2.81. The van der Waals surface area contributed by atoms with Crippen molar-refractivity contribution in [1.82, 2.24) is 0 Å². The van der Waals surface area contributed by atoms with Crippen LogP contribution in [0.4, 0.5) is 0 Å². The average molecular weight is 511 g/mol. The highest BCUT2D eigenvalue weighted by Gasteiger charge is 2.19. The van der Waals surface area contributed by atoms with Crippen molar-refractivity contribution >= 4 is 13.2 Å². The summed E-state index contributed by atoms with van der Waals surface area (Å²) in [4.78, 5) is 0. The zero-order chi connectivity index (χ0) is 26.7. The third kappa shape index (κ3) is 10.6. The molecule has 2 heteroatoms. The van der Waals surface area contributed by atoms with Crippen molar-refractivity contribution in [3.8, 4) is 5.75 Å². The lowest BCUT2D eigenvalue weighted by Gasteiger charge is -2.23. The molecule has 1 atom stereocenters. The van der Waals surface area contributed by atoms with Crippen LogP contribution < -0.4 is 5.30 Å². The van der Waals surface area contributed by atoms with Crippen LogP contribution >= 0.6 is 7.92 Å². The van der Waals surface area contributed by atoms with Crippen molar-refractivity contribution in [2.24, 2.45) is 11.8 Å². The summed E-state index contributed by atoms with van der Waals surface area (Å²) < 4.78 is 0. The van der Waals surface area contributed by atoms with Crippen molar-refractivity contribution < 1.29 is 5.11 Å². The van der Waals surface area contributed by atoms with Gasteiger partial charge < -0.3 is 5.11 Å². The first-order valence-electron chi connectivity index (χ1n) is 14.7. The fourth-order valence-electron chi connectivity index (χ4n) is 4.96. The number of hydrogen-bond donors (Lipinski definition) is 1. The van der Waals surface area contributed by atoms with Crippen molar-refractivity contribution in [1.29, 1.82) is 0 Å². The minimum Gasteiger partial charge on any atom is -0.508 e. The van der Waals surface area contributed by atoms with Crippen LogP contribution in [0.5, 0.6) is 5.75 Å². The van der Waals surface area contributed by atoms with Crippen LogP contribution in [0.2, 0.25) is 0 Å². The Balaban J connectivity index is 2.09. The molecule has 0 aromatic heterocycles. The summed E-state index contributed by atoms with van der Waals surface area (Å²) in [6.45, 7) is 18.3. The summed E-state index contributed by atoms with van der Waals surface area (Å²) in [5, 5.41) is 12.2. The third-order valence-electron chi connectivity index (χ3n) is 7.54. The topological polar surface area (TPSA) is 20.2 Å². The molecule has 1 N–H and O–H groups in total. The molecule has 1 nitrogen and oxygen atoms in total. The summed E-state index contributed by atoms with van der Waals surface area (Å²) >= 11 is 0. The van der Waals surface area contributed by atoms with Gasteiger partial charge in [-0.3, -0.25) is 0 Å². The SMILES string of the molecule is CC(C)CCCCCP(CCCCCC(C)C)c1ccc(C(C)c2cc(C(C)(C)C)ccc2O)cc1. The molecule has 36 heavy (non-hydrogen) atoms. The predicted molar refractivity (Wildman–Crippen MR) is 164 cm³/mol. The van der Waals surface area contributed by atoms with E-state index in [2.05, 4.69) is 91.8 Å². The van der Waals surface area contributed by atoms with Gasteiger partial charge >= 0.3 is 0 Å². The summed E-state index contributed by atoms with van der Waals surface area (Å²) in [6.07, 6.45) is 13.7. The molecule has 2 aromatic rings. The summed E-state index contributed by atoms with van der Waals surface area (Å²) in [6, 6.07) is 15.6. The van der Waals surface area contributed by atoms with Gasteiger partial charge in [-0.1, -0.05) is 138 Å². The summed E-state index contributed by atoms with van der Waals surface area (Å²) in [5.74, 6) is 2.24. The lowest BCUT2D eigenvalue weighted by molar-refractivity contribution is 0.464. The van der Waals surface area contributed by atoms with Crippen LogP contribution in [-0.2, 0) is 5.41 Å². The summed E-state index contributed by atoms with van der Waals surface area (Å²) in [7, 11) is -0.0818. The molecule has 0 heterocycles. The van der Waals surface area contributed by atoms with Crippen LogP contribution in [-0.4, -0.2) is 17.4 Å². The fraction of sp³-hybridized carbons (Fsp3) is 0.647. The number of benzene rings is 2. The normalized spacial score (nSPS) is 13.2. The molecule has 0 fully saturated rings. The molecule has 0 saturated carbocycles. The van der Waals surface area contributed by atoms with E-state index in [0.717, 1.165) is 17.4 Å². The Kier molecular flexibility index (Phi) is 13.0. The Morgan fingerprint density at radius 3 is 1.69 bits per heavy atom. The number of aromatic hydroxyl groups is 1. The minimum atomic E-state index is -0.0818. The second kappa shape index (κ2) is 15.2. The number of phenolic OH excluding ortho intramolecular Hbond substituents is 1. The second-order valence-corrected chi connectivity index (χ2v) is 15.3. The Labute approximate surface area is 225 Å². The van der Waals surface area contributed by atoms with Gasteiger partial charge in [-0.05, 0) is 64.9 Å². The second-order valence-electron chi connectivity index (χ2n) is 12.8. The van der Waals surface area contributed by atoms with E-state index < -0.39 is 0 Å². The number of hydrogen-bond acceptors (Lipinski definition) is 1. The molecule has 202 valence electrons. The van der Waals surface area contributed by atoms with E-state index >= 15 is 0 Å². The van der Waals surface area contributed by atoms with E-state index in [9.17, 15) is 5.11 Å². The molecular weight excluding hydrogens is 455 g/mol. The maximum atomic E-state index is 10.6. The molecule has 0 amide bonds. The number of rotatable bonds is 15. The highest BCUT2D eigenvalue weighted by Crippen LogP contribution is 2.39. The first-order chi connectivity index (χ1) is 17.0. The van der Waals surface area contributed by atoms with E-state index in [1.807, 2.05) is 6.07 Å². The monoisotopic (exact) mass is 510 g/mol. The molecular formula is C34H55OP. The Morgan fingerprint density at radius 1 is 0.694 bits per heavy atom. The molecule has 2 aromatic carbocycles. The van der Waals surface area contributed by atoms with E-state index in [4.69, 9.17) is 0 Å². The Bertz CT molecular complexity index is 857. The van der Waals surface area contributed by atoms with Crippen molar-refractivity contribution in [2.75, 3.05) is 12.3 Å². The van der Waals surface area contributed by atoms with Gasteiger partial charge in [0.25, 0.3) is 0 Å². The first kappa shape index (κ1) is 30.9. The molecule has 0 aliphatic heterocycles. The molecule has 2 rings (SSSR count). The van der Waals surface area contributed by atoms with Gasteiger partial charge in [0.1, 0.15) is 5.75 Å². The predicted octanol–water partition coefficient (Wildman–Crippen LogP) is 10.4. The number of unbranched alkanes of at least 4 members (excludes halogenated alkanes) is 4. The van der Waals surface area contributed by atoms with Crippen molar-refractivity contribution in [3.63, 3.8) is 0 Å². The van der Waals surface area contributed by atoms with Gasteiger partial charge in [0.2, 0.25) is 0 Å². The first-order valence-corrected chi connectivity index (χ1v) is 16.4. The van der Waals surface area contributed by atoms with Crippen molar-refractivity contribution in [2.45, 2.75) is 118 Å². The zero-order valence-corrected chi connectivity index (χ0v) is 25.6. The van der Waals surface area contributed by atoms with Crippen LogP contribution in [0.3, 0.4) is 0 Å². The largest absolute Gasteiger partial charge is 0.508 e. The molecule has 0 aliphatic rings. The van der Waals surface area contributed by atoms with Crippen LogP contribution in [0.15, 0.2) is 42.5 Å². The van der Waals surface area contributed by atoms with E-state index in [1.54, 1.807) is 5.30 Å². The number of phenols is 1. The molecule has 0 saturated heterocycles. The van der Waals surface area contributed by atoms with Gasteiger partial charge in [-0.25, -0.2) is 0 Å². The zero-order valence-electron chi connectivity index (χ0n) is 24.7. The molecule has 0 aliphatic carbocycles. The van der Waals surface area contributed by atoms with Gasteiger partial charge in [0.15, 0.2) is 0 Å². The standard InChI is InChI=1S/C34H55OP/c1-26(2)15-11-9-13-23-36(24-14-10-12-16-27(3)4)31-20-17-29(18-21-31)28(5)32-25-30(34(6,7)8)19-22-33(32)35/h17-22,25-28,35H,9-16,23-24H2,1-8H3. The molecule has 0 bridgehead atoms.